The van der Waals surface area contributed by atoms with Gasteiger partial charge in [-0.2, -0.15) is 0 Å². The number of ether oxygens (including phenoxy) is 3. The summed E-state index contributed by atoms with van der Waals surface area (Å²) in [7, 11) is 0. The van der Waals surface area contributed by atoms with Crippen LogP contribution in [0, 0.1) is 6.92 Å². The Morgan fingerprint density at radius 1 is 1.19 bits per heavy atom. The van der Waals surface area contributed by atoms with Crippen LogP contribution in [0.3, 0.4) is 0 Å². The van der Waals surface area contributed by atoms with E-state index in [9.17, 15) is 9.59 Å². The molecule has 134 valence electrons. The molecule has 26 heavy (non-hydrogen) atoms. The van der Waals surface area contributed by atoms with Gasteiger partial charge in [-0.1, -0.05) is 24.3 Å². The first-order valence-corrected chi connectivity index (χ1v) is 8.40. The molecule has 0 atom stereocenters. The maximum atomic E-state index is 12.5. The first kappa shape index (κ1) is 17.7. The molecule has 1 heterocycles. The Kier molecular flexibility index (Phi) is 5.07. The van der Waals surface area contributed by atoms with E-state index in [1.54, 1.807) is 38.1 Å². The molecule has 0 aliphatic carbocycles. The third-order valence-corrected chi connectivity index (χ3v) is 3.84. The summed E-state index contributed by atoms with van der Waals surface area (Å²) in [5.41, 5.74) is 2.46. The van der Waals surface area contributed by atoms with Crippen molar-refractivity contribution in [3.63, 3.8) is 0 Å². The molecule has 0 saturated carbocycles. The minimum absolute atomic E-state index is 0.172. The lowest BCUT2D eigenvalue weighted by Crippen LogP contribution is -2.18. The Morgan fingerprint density at radius 2 is 1.96 bits per heavy atom. The van der Waals surface area contributed by atoms with Crippen LogP contribution in [0.4, 0.5) is 0 Å². The van der Waals surface area contributed by atoms with Gasteiger partial charge >= 0.3 is 5.97 Å². The number of Topliss-reactive ketones (excluding diaryl/α,β-unsaturated/α-hetero) is 1. The molecule has 3 rings (SSSR count). The zero-order valence-electron chi connectivity index (χ0n) is 14.9. The van der Waals surface area contributed by atoms with Crippen molar-refractivity contribution in [2.24, 2.45) is 0 Å². The Hall–Kier alpha value is -3.08. The van der Waals surface area contributed by atoms with Crippen molar-refractivity contribution in [1.82, 2.24) is 0 Å². The number of carbonyl (C=O) groups excluding carboxylic acids is 2. The second kappa shape index (κ2) is 7.44. The molecule has 1 aliphatic heterocycles. The zero-order chi connectivity index (χ0) is 18.7. The molecule has 0 bridgehead atoms. The Bertz CT molecular complexity index is 880. The van der Waals surface area contributed by atoms with E-state index >= 15 is 0 Å². The average Bonchev–Trinajstić information content (AvgIpc) is 2.90. The molecule has 0 N–H and O–H groups in total. The van der Waals surface area contributed by atoms with Crippen LogP contribution in [0.1, 0.15) is 35.3 Å². The van der Waals surface area contributed by atoms with E-state index in [2.05, 4.69) is 0 Å². The monoisotopic (exact) mass is 352 g/mol. The van der Waals surface area contributed by atoms with Crippen LogP contribution in [0.5, 0.6) is 11.5 Å². The number of fused-ring (bicyclic) bond motifs is 1. The normalized spacial score (nSPS) is 14.3. The molecular weight excluding hydrogens is 332 g/mol. The standard InChI is InChI=1S/C21H20O5/c1-13(2)25-20(22)12-24-16-8-9-17-18(11-16)26-19(21(17)23)10-15-7-5-4-6-14(15)3/h4-11,13H,12H2,1-3H3/b19-10+. The van der Waals surface area contributed by atoms with Crippen LogP contribution in [-0.4, -0.2) is 24.5 Å². The molecule has 5 heteroatoms. The number of rotatable bonds is 5. The minimum atomic E-state index is -0.447. The van der Waals surface area contributed by atoms with E-state index in [1.807, 2.05) is 31.2 Å². The molecule has 5 nitrogen and oxygen atoms in total. The smallest absolute Gasteiger partial charge is 0.344 e. The lowest BCUT2D eigenvalue weighted by molar-refractivity contribution is -0.149. The van der Waals surface area contributed by atoms with Gasteiger partial charge in [-0.15, -0.1) is 0 Å². The third-order valence-electron chi connectivity index (χ3n) is 3.84. The average molecular weight is 352 g/mol. The summed E-state index contributed by atoms with van der Waals surface area (Å²) in [4.78, 5) is 24.1. The fourth-order valence-corrected chi connectivity index (χ4v) is 2.59. The van der Waals surface area contributed by atoms with Gasteiger partial charge in [0.2, 0.25) is 5.78 Å². The van der Waals surface area contributed by atoms with Gasteiger partial charge in [-0.25, -0.2) is 4.79 Å². The van der Waals surface area contributed by atoms with Gasteiger partial charge in [-0.3, -0.25) is 4.79 Å². The highest BCUT2D eigenvalue weighted by molar-refractivity contribution is 6.14. The number of esters is 1. The number of aryl methyl sites for hydroxylation is 1. The van der Waals surface area contributed by atoms with Gasteiger partial charge < -0.3 is 14.2 Å². The molecule has 0 radical (unpaired) electrons. The van der Waals surface area contributed by atoms with Crippen molar-refractivity contribution < 1.29 is 23.8 Å². The first-order chi connectivity index (χ1) is 12.4. The summed E-state index contributed by atoms with van der Waals surface area (Å²) in [6.07, 6.45) is 1.54. The maximum absolute atomic E-state index is 12.5. The summed E-state index contributed by atoms with van der Waals surface area (Å²) in [6.45, 7) is 5.32. The van der Waals surface area contributed by atoms with Crippen LogP contribution >= 0.6 is 0 Å². The van der Waals surface area contributed by atoms with Gasteiger partial charge in [0.25, 0.3) is 0 Å². The van der Waals surface area contributed by atoms with E-state index < -0.39 is 5.97 Å². The minimum Gasteiger partial charge on any atom is -0.482 e. The number of hydrogen-bond acceptors (Lipinski definition) is 5. The van der Waals surface area contributed by atoms with Crippen molar-refractivity contribution in [2.75, 3.05) is 6.61 Å². The second-order valence-electron chi connectivity index (χ2n) is 6.28. The fourth-order valence-electron chi connectivity index (χ4n) is 2.59. The van der Waals surface area contributed by atoms with E-state index in [-0.39, 0.29) is 24.3 Å². The Morgan fingerprint density at radius 3 is 2.69 bits per heavy atom. The topological polar surface area (TPSA) is 61.8 Å². The van der Waals surface area contributed by atoms with E-state index in [0.717, 1.165) is 11.1 Å². The van der Waals surface area contributed by atoms with Crippen molar-refractivity contribution in [1.29, 1.82) is 0 Å². The Labute approximate surface area is 152 Å². The predicted molar refractivity (Wildman–Crippen MR) is 97.3 cm³/mol. The lowest BCUT2D eigenvalue weighted by atomic mass is 10.1. The number of carbonyl (C=O) groups is 2. The molecule has 0 aromatic heterocycles. The van der Waals surface area contributed by atoms with Crippen molar-refractivity contribution >= 4 is 17.8 Å². The molecule has 2 aromatic rings. The highest BCUT2D eigenvalue weighted by Crippen LogP contribution is 2.35. The van der Waals surface area contributed by atoms with Gasteiger partial charge in [0.15, 0.2) is 12.4 Å². The summed E-state index contributed by atoms with van der Waals surface area (Å²) in [6, 6.07) is 12.6. The number of benzene rings is 2. The third kappa shape index (κ3) is 3.94. The van der Waals surface area contributed by atoms with E-state index in [1.165, 1.54) is 0 Å². The van der Waals surface area contributed by atoms with Crippen LogP contribution in [0.15, 0.2) is 48.2 Å². The molecule has 0 saturated heterocycles. The van der Waals surface area contributed by atoms with Gasteiger partial charge in [-0.05, 0) is 50.1 Å². The molecule has 2 aromatic carbocycles. The SMILES string of the molecule is Cc1ccccc1/C=C1/Oc2cc(OCC(=O)OC(C)C)ccc2C1=O. The largest absolute Gasteiger partial charge is 0.482 e. The van der Waals surface area contributed by atoms with Crippen LogP contribution in [0.2, 0.25) is 0 Å². The molecule has 0 fully saturated rings. The first-order valence-electron chi connectivity index (χ1n) is 8.40. The summed E-state index contributed by atoms with van der Waals surface area (Å²) in [5, 5.41) is 0. The maximum Gasteiger partial charge on any atom is 0.344 e. The van der Waals surface area contributed by atoms with Crippen LogP contribution in [0.25, 0.3) is 6.08 Å². The van der Waals surface area contributed by atoms with Crippen molar-refractivity contribution in [2.45, 2.75) is 26.9 Å². The molecule has 0 spiro atoms. The second-order valence-corrected chi connectivity index (χ2v) is 6.28. The number of ketones is 1. The van der Waals surface area contributed by atoms with Gasteiger partial charge in [0.1, 0.15) is 11.5 Å². The highest BCUT2D eigenvalue weighted by atomic mass is 16.6. The highest BCUT2D eigenvalue weighted by Gasteiger charge is 2.28. The summed E-state index contributed by atoms with van der Waals surface area (Å²) >= 11 is 0. The Balaban J connectivity index is 1.74. The predicted octanol–water partition coefficient (Wildman–Crippen LogP) is 3.94. The molecule has 1 aliphatic rings. The van der Waals surface area contributed by atoms with Gasteiger partial charge in [0, 0.05) is 6.07 Å². The van der Waals surface area contributed by atoms with E-state index in [4.69, 9.17) is 14.2 Å². The molecule has 0 unspecified atom stereocenters. The van der Waals surface area contributed by atoms with Crippen molar-refractivity contribution in [3.8, 4) is 11.5 Å². The van der Waals surface area contributed by atoms with Crippen LogP contribution < -0.4 is 9.47 Å². The molecule has 0 amide bonds. The quantitative estimate of drug-likeness (QED) is 0.602. The number of allylic oxidation sites excluding steroid dienone is 1. The van der Waals surface area contributed by atoms with E-state index in [0.29, 0.717) is 17.1 Å². The van der Waals surface area contributed by atoms with Crippen molar-refractivity contribution in [3.05, 3.63) is 64.9 Å². The van der Waals surface area contributed by atoms with Crippen LogP contribution in [-0.2, 0) is 9.53 Å². The fraction of sp³-hybridized carbons (Fsp3) is 0.238. The summed E-state index contributed by atoms with van der Waals surface area (Å²) < 4.78 is 16.1. The zero-order valence-corrected chi connectivity index (χ0v) is 14.9. The van der Waals surface area contributed by atoms with Gasteiger partial charge in [0.05, 0.1) is 11.7 Å². The number of hydrogen-bond donors (Lipinski definition) is 0. The molecular formula is C21H20O5. The lowest BCUT2D eigenvalue weighted by Gasteiger charge is -2.09. The summed E-state index contributed by atoms with van der Waals surface area (Å²) in [5.74, 6) is 0.510.